The van der Waals surface area contributed by atoms with E-state index < -0.39 is 0 Å². The fourth-order valence-electron chi connectivity index (χ4n) is 9.23. The molecule has 0 radical (unpaired) electrons. The van der Waals surface area contributed by atoms with E-state index in [1.807, 2.05) is 35.0 Å². The fourth-order valence-corrected chi connectivity index (χ4v) is 9.23. The van der Waals surface area contributed by atoms with Crippen molar-refractivity contribution in [3.8, 4) is 33.9 Å². The van der Waals surface area contributed by atoms with Gasteiger partial charge in [-0.15, -0.1) is 12.1 Å². The minimum Gasteiger partial charge on any atom is -0.497 e. The Hall–Kier alpha value is -5.84. The summed E-state index contributed by atoms with van der Waals surface area (Å²) in [5.74, 6) is 2.58. The van der Waals surface area contributed by atoms with Crippen LogP contribution >= 0.6 is 0 Å². The van der Waals surface area contributed by atoms with Gasteiger partial charge in [-0.05, 0) is 80.0 Å². The van der Waals surface area contributed by atoms with E-state index >= 15 is 0 Å². The first-order valence-electron chi connectivity index (χ1n) is 20.9. The molecule has 0 bridgehead atoms. The van der Waals surface area contributed by atoms with Gasteiger partial charge in [-0.2, -0.15) is 0 Å². The van der Waals surface area contributed by atoms with Crippen LogP contribution in [0.5, 0.6) is 11.5 Å². The number of hydrogen-bond donors (Lipinski definition) is 0. The first-order valence-corrected chi connectivity index (χ1v) is 20.9. The van der Waals surface area contributed by atoms with E-state index in [4.69, 9.17) is 9.72 Å². The molecule has 0 aliphatic heterocycles. The summed E-state index contributed by atoms with van der Waals surface area (Å²) >= 11 is 0. The SMILES string of the molecule is CC(C)c1cccc(C(C)C)c1-c1ccc2c3ccc(Oc4[c-]c5c(cc4)c4cccnc4n4ccnc54)[c-]c3c3ncc(-c4c(C(C)C)cccc4C(C)C)n3c2c1.[Pt+2]. The van der Waals surface area contributed by atoms with Crippen LogP contribution in [-0.4, -0.2) is 23.8 Å². The summed E-state index contributed by atoms with van der Waals surface area (Å²) < 4.78 is 11.0. The van der Waals surface area contributed by atoms with Crippen LogP contribution in [-0.2, 0) is 21.1 Å². The Morgan fingerprint density at radius 1 is 0.517 bits per heavy atom. The minimum atomic E-state index is 0. The van der Waals surface area contributed by atoms with E-state index in [1.54, 1.807) is 6.20 Å². The molecular weight excluding hydrogens is 918 g/mol. The number of fused-ring (bicyclic) bond motifs is 12. The average molecular weight is 965 g/mol. The molecule has 10 rings (SSSR count). The zero-order valence-electron chi connectivity index (χ0n) is 35.2. The van der Waals surface area contributed by atoms with Gasteiger partial charge in [0.25, 0.3) is 0 Å². The molecule has 0 amide bonds. The first kappa shape index (κ1) is 39.6. The van der Waals surface area contributed by atoms with Gasteiger partial charge in [-0.25, -0.2) is 4.98 Å². The van der Waals surface area contributed by atoms with Crippen molar-refractivity contribution < 1.29 is 25.8 Å². The Morgan fingerprint density at radius 3 is 1.68 bits per heavy atom. The maximum Gasteiger partial charge on any atom is 2.00 e. The molecule has 0 aliphatic rings. The van der Waals surface area contributed by atoms with Gasteiger partial charge in [-0.1, -0.05) is 156 Å². The molecular formula is C53H47N5OPt. The van der Waals surface area contributed by atoms with Gasteiger partial charge in [0.1, 0.15) is 5.65 Å². The Bertz CT molecular complexity index is 3230. The summed E-state index contributed by atoms with van der Waals surface area (Å²) in [5, 5.41) is 6.05. The van der Waals surface area contributed by atoms with Crippen molar-refractivity contribution in [1.29, 1.82) is 0 Å². The quantitative estimate of drug-likeness (QED) is 0.112. The number of aromatic nitrogens is 5. The van der Waals surface area contributed by atoms with Crippen molar-refractivity contribution in [2.45, 2.75) is 79.1 Å². The van der Waals surface area contributed by atoms with Crippen molar-refractivity contribution in [2.24, 2.45) is 0 Å². The molecule has 60 heavy (non-hydrogen) atoms. The van der Waals surface area contributed by atoms with Gasteiger partial charge in [0.15, 0.2) is 0 Å². The summed E-state index contributed by atoms with van der Waals surface area (Å²) in [6.07, 6.45) is 7.63. The summed E-state index contributed by atoms with van der Waals surface area (Å²) in [6.45, 7) is 18.3. The molecule has 300 valence electrons. The van der Waals surface area contributed by atoms with Crippen molar-refractivity contribution >= 4 is 54.8 Å². The molecule has 0 atom stereocenters. The molecule has 0 saturated heterocycles. The zero-order valence-corrected chi connectivity index (χ0v) is 37.5. The molecule has 0 saturated carbocycles. The van der Waals surface area contributed by atoms with Gasteiger partial charge in [0.2, 0.25) is 0 Å². The monoisotopic (exact) mass is 964 g/mol. The number of benzene rings is 5. The molecule has 5 aromatic heterocycles. The maximum atomic E-state index is 6.63. The Kier molecular flexibility index (Phi) is 10.1. The van der Waals surface area contributed by atoms with Crippen molar-refractivity contribution in [1.82, 2.24) is 23.8 Å². The van der Waals surface area contributed by atoms with E-state index in [0.29, 0.717) is 35.2 Å². The molecule has 5 aromatic carbocycles. The minimum absolute atomic E-state index is 0. The van der Waals surface area contributed by atoms with Crippen molar-refractivity contribution in [3.63, 3.8) is 0 Å². The van der Waals surface area contributed by atoms with Crippen LogP contribution in [0.4, 0.5) is 0 Å². The number of imidazole rings is 2. The molecule has 0 unspecified atom stereocenters. The summed E-state index contributed by atoms with van der Waals surface area (Å²) in [5.41, 5.74) is 13.9. The molecule has 0 N–H and O–H groups in total. The van der Waals surface area contributed by atoms with Crippen LogP contribution < -0.4 is 4.74 Å². The van der Waals surface area contributed by atoms with E-state index in [2.05, 4.69) is 161 Å². The Balaban J connectivity index is 0.00000462. The van der Waals surface area contributed by atoms with Gasteiger partial charge in [-0.3, -0.25) is 9.97 Å². The molecule has 0 fully saturated rings. The standard InChI is InChI=1S/C53H47N5O.Pt/c1-30(2)37-12-9-13-38(31(3)4)49(37)34-17-20-43-41-21-18-36(59-35-19-22-42-44-16-11-23-54-51(44)57-25-24-55-52(57)45(42)27-35)28-46(41)53-56-29-48(58(53)47(43)26-34)50-39(32(5)6)14-10-15-40(50)33(7)8;/h9-26,29-33H,1-8H3;/q-2;+2. The molecule has 6 nitrogen and oxygen atoms in total. The Labute approximate surface area is 365 Å². The smallest absolute Gasteiger partial charge is 0.497 e. The van der Waals surface area contributed by atoms with Crippen LogP contribution in [0.2, 0.25) is 0 Å². The van der Waals surface area contributed by atoms with E-state index in [-0.39, 0.29) is 21.1 Å². The third-order valence-corrected chi connectivity index (χ3v) is 12.0. The van der Waals surface area contributed by atoms with Crippen LogP contribution in [0.1, 0.15) is 101 Å². The number of pyridine rings is 3. The van der Waals surface area contributed by atoms with Crippen molar-refractivity contribution in [3.05, 3.63) is 150 Å². The second-order valence-corrected chi connectivity index (χ2v) is 17.1. The first-order chi connectivity index (χ1) is 28.6. The van der Waals surface area contributed by atoms with Crippen LogP contribution in [0.3, 0.4) is 0 Å². The molecule has 5 heterocycles. The van der Waals surface area contributed by atoms with Crippen LogP contribution in [0.25, 0.3) is 77.2 Å². The summed E-state index contributed by atoms with van der Waals surface area (Å²) in [4.78, 5) is 14.6. The molecule has 7 heteroatoms. The maximum absolute atomic E-state index is 6.63. The second-order valence-electron chi connectivity index (χ2n) is 17.1. The van der Waals surface area contributed by atoms with Gasteiger partial charge >= 0.3 is 21.1 Å². The van der Waals surface area contributed by atoms with Gasteiger partial charge < -0.3 is 13.5 Å². The topological polar surface area (TPSA) is 56.7 Å². The predicted octanol–water partition coefficient (Wildman–Crippen LogP) is 14.2. The number of hydrogen-bond acceptors (Lipinski definition) is 4. The third kappa shape index (κ3) is 6.30. The van der Waals surface area contributed by atoms with E-state index in [9.17, 15) is 0 Å². The largest absolute Gasteiger partial charge is 2.00 e. The zero-order chi connectivity index (χ0) is 40.7. The second kappa shape index (κ2) is 15.3. The van der Waals surface area contributed by atoms with Crippen molar-refractivity contribution in [2.75, 3.05) is 0 Å². The normalized spacial score (nSPS) is 12.1. The van der Waals surface area contributed by atoms with E-state index in [1.165, 1.54) is 38.9 Å². The predicted molar refractivity (Wildman–Crippen MR) is 243 cm³/mol. The molecule has 0 spiro atoms. The number of nitrogens with zero attached hydrogens (tertiary/aromatic N) is 5. The number of ether oxygens (including phenoxy) is 1. The van der Waals surface area contributed by atoms with E-state index in [0.717, 1.165) is 60.5 Å². The Morgan fingerprint density at radius 2 is 1.07 bits per heavy atom. The third-order valence-electron chi connectivity index (χ3n) is 12.0. The number of rotatable bonds is 8. The fraction of sp³-hybridized carbons (Fsp3) is 0.226. The van der Waals surface area contributed by atoms with Gasteiger partial charge in [0, 0.05) is 47.4 Å². The van der Waals surface area contributed by atoms with Gasteiger partial charge in [0.05, 0.1) is 17.0 Å². The van der Waals surface area contributed by atoms with Crippen LogP contribution in [0, 0.1) is 12.1 Å². The summed E-state index contributed by atoms with van der Waals surface area (Å²) in [6, 6.07) is 40.1. The summed E-state index contributed by atoms with van der Waals surface area (Å²) in [7, 11) is 0. The van der Waals surface area contributed by atoms with Crippen LogP contribution in [0.15, 0.2) is 116 Å². The average Bonchev–Trinajstić information content (AvgIpc) is 3.92. The molecule has 10 aromatic rings. The molecule has 0 aliphatic carbocycles.